The lowest BCUT2D eigenvalue weighted by molar-refractivity contribution is -0.300. The Morgan fingerprint density at radius 3 is 2.39 bits per heavy atom. The molecule has 1 heterocycles. The van der Waals surface area contributed by atoms with Gasteiger partial charge in [0.2, 0.25) is 0 Å². The van der Waals surface area contributed by atoms with Crippen LogP contribution in [0.1, 0.15) is 84.0 Å². The number of unbranched alkanes of at least 4 members (excludes halogenated alkanes) is 5. The van der Waals surface area contributed by atoms with E-state index in [0.717, 1.165) is 49.7 Å². The second kappa shape index (κ2) is 15.2. The molecule has 0 aromatic carbocycles. The zero-order valence-electron chi connectivity index (χ0n) is 20.9. The Hall–Kier alpha value is -2.11. The van der Waals surface area contributed by atoms with Crippen molar-refractivity contribution >= 4 is 17.7 Å². The van der Waals surface area contributed by atoms with Crippen LogP contribution in [0.5, 0.6) is 0 Å². The predicted octanol–water partition coefficient (Wildman–Crippen LogP) is 2.48. The summed E-state index contributed by atoms with van der Waals surface area (Å²) in [6.07, 6.45) is 2.92. The summed E-state index contributed by atoms with van der Waals surface area (Å²) in [5.74, 6) is -2.17. The van der Waals surface area contributed by atoms with E-state index in [4.69, 9.17) is 14.6 Å². The van der Waals surface area contributed by atoms with Crippen molar-refractivity contribution in [3.8, 4) is 0 Å². The smallest absolute Gasteiger partial charge is 0.335 e. The third-order valence-electron chi connectivity index (χ3n) is 6.64. The molecule has 2 aliphatic rings. The van der Waals surface area contributed by atoms with E-state index in [-0.39, 0.29) is 12.2 Å². The van der Waals surface area contributed by atoms with Gasteiger partial charge in [0.25, 0.3) is 0 Å². The lowest BCUT2D eigenvalue weighted by Crippen LogP contribution is -2.60. The second-order valence-electron chi connectivity index (χ2n) is 9.50. The van der Waals surface area contributed by atoms with Crippen molar-refractivity contribution in [3.63, 3.8) is 0 Å². The van der Waals surface area contributed by atoms with Crippen molar-refractivity contribution in [1.82, 2.24) is 0 Å². The number of aliphatic hydroxyl groups excluding tert-OH is 3. The zero-order chi connectivity index (χ0) is 26.7. The van der Waals surface area contributed by atoms with Gasteiger partial charge in [0, 0.05) is 12.8 Å². The van der Waals surface area contributed by atoms with E-state index in [9.17, 15) is 34.8 Å². The summed E-state index contributed by atoms with van der Waals surface area (Å²) in [6.45, 7) is 2.05. The zero-order valence-corrected chi connectivity index (χ0v) is 20.9. The predicted molar refractivity (Wildman–Crippen MR) is 129 cm³/mol. The highest BCUT2D eigenvalue weighted by molar-refractivity contribution is 5.99. The maximum Gasteiger partial charge on any atom is 0.335 e. The molecule has 2 rings (SSSR count). The van der Waals surface area contributed by atoms with E-state index in [1.54, 1.807) is 6.08 Å². The maximum atomic E-state index is 12.4. The molecule has 10 heteroatoms. The van der Waals surface area contributed by atoms with Crippen molar-refractivity contribution in [2.24, 2.45) is 0 Å². The monoisotopic (exact) mass is 512 g/mol. The Morgan fingerprint density at radius 2 is 1.72 bits per heavy atom. The van der Waals surface area contributed by atoms with Gasteiger partial charge in [0.1, 0.15) is 18.3 Å². The molecule has 204 valence electrons. The number of rotatable bonds is 16. The summed E-state index contributed by atoms with van der Waals surface area (Å²) in [5.41, 5.74) is 1.69. The first-order valence-electron chi connectivity index (χ1n) is 12.9. The molecule has 1 aliphatic heterocycles. The highest BCUT2D eigenvalue weighted by atomic mass is 16.7. The van der Waals surface area contributed by atoms with Gasteiger partial charge in [-0.2, -0.15) is 0 Å². The Morgan fingerprint density at radius 1 is 1.00 bits per heavy atom. The van der Waals surface area contributed by atoms with Gasteiger partial charge in [-0.1, -0.05) is 51.2 Å². The fourth-order valence-corrected chi connectivity index (χ4v) is 4.51. The first-order chi connectivity index (χ1) is 17.1. The highest BCUT2D eigenvalue weighted by Gasteiger charge is 2.48. The largest absolute Gasteiger partial charge is 0.481 e. The number of carboxylic acid groups (broad SMARTS) is 2. The normalized spacial score (nSPS) is 27.7. The van der Waals surface area contributed by atoms with Crippen molar-refractivity contribution in [1.29, 1.82) is 0 Å². The van der Waals surface area contributed by atoms with Gasteiger partial charge < -0.3 is 35.0 Å². The molecule has 0 radical (unpaired) electrons. The van der Waals surface area contributed by atoms with Gasteiger partial charge in [-0.3, -0.25) is 9.59 Å². The summed E-state index contributed by atoms with van der Waals surface area (Å²) >= 11 is 0. The van der Waals surface area contributed by atoms with Gasteiger partial charge in [-0.25, -0.2) is 4.79 Å². The average Bonchev–Trinajstić information content (AvgIpc) is 3.18. The Kier molecular flexibility index (Phi) is 12.7. The van der Waals surface area contributed by atoms with Crippen molar-refractivity contribution < 1.29 is 49.4 Å². The van der Waals surface area contributed by atoms with Crippen LogP contribution in [0.15, 0.2) is 23.3 Å². The number of aliphatic hydroxyl groups is 3. The number of ether oxygens (including phenoxy) is 2. The molecule has 36 heavy (non-hydrogen) atoms. The van der Waals surface area contributed by atoms with Crippen molar-refractivity contribution in [3.05, 3.63) is 23.3 Å². The standard InChI is InChI=1S/C26H40O10/c1-2-3-6-9-17(35-26-23(32)21(30)22(31)24(36-26)25(33)34)14-12-16-13-15-19(27)18(16)10-7-4-5-8-11-20(28)29/h12,14,17,21-24,26,30-32H,2-11,13,15H2,1H3,(H,28,29)(H,33,34)/b14-12+/t17-,21-,22-,23+,24-,26+/m0/s1. The van der Waals surface area contributed by atoms with Crippen LogP contribution in [-0.2, 0) is 23.9 Å². The van der Waals surface area contributed by atoms with Crippen LogP contribution in [0, 0.1) is 0 Å². The summed E-state index contributed by atoms with van der Waals surface area (Å²) in [4.78, 5) is 34.4. The van der Waals surface area contributed by atoms with E-state index in [1.807, 2.05) is 6.08 Å². The summed E-state index contributed by atoms with van der Waals surface area (Å²) < 4.78 is 11.1. The Balaban J connectivity index is 2.06. The first kappa shape index (κ1) is 30.1. The minimum absolute atomic E-state index is 0.107. The van der Waals surface area contributed by atoms with Crippen molar-refractivity contribution in [2.45, 2.75) is 121 Å². The maximum absolute atomic E-state index is 12.4. The fourth-order valence-electron chi connectivity index (χ4n) is 4.51. The third kappa shape index (κ3) is 9.08. The van der Waals surface area contributed by atoms with E-state index in [0.29, 0.717) is 32.1 Å². The minimum Gasteiger partial charge on any atom is -0.481 e. The van der Waals surface area contributed by atoms with Gasteiger partial charge in [-0.15, -0.1) is 0 Å². The van der Waals surface area contributed by atoms with E-state index in [1.165, 1.54) is 0 Å². The van der Waals surface area contributed by atoms with Gasteiger partial charge >= 0.3 is 11.9 Å². The van der Waals surface area contributed by atoms with Crippen LogP contribution in [0.3, 0.4) is 0 Å². The van der Waals surface area contributed by atoms with Crippen LogP contribution in [0.25, 0.3) is 0 Å². The van der Waals surface area contributed by atoms with E-state index in [2.05, 4.69) is 6.92 Å². The molecule has 0 saturated carbocycles. The first-order valence-corrected chi connectivity index (χ1v) is 12.9. The molecule has 1 saturated heterocycles. The second-order valence-corrected chi connectivity index (χ2v) is 9.50. The van der Waals surface area contributed by atoms with E-state index >= 15 is 0 Å². The minimum atomic E-state index is -1.78. The molecule has 0 aromatic rings. The summed E-state index contributed by atoms with van der Waals surface area (Å²) in [7, 11) is 0. The molecular formula is C26H40O10. The lowest BCUT2D eigenvalue weighted by atomic mass is 9.98. The molecule has 0 unspecified atom stereocenters. The van der Waals surface area contributed by atoms with Crippen LogP contribution in [-0.4, -0.2) is 80.1 Å². The Bertz CT molecular complexity index is 805. The number of Topliss-reactive ketones (excluding diaryl/α,β-unsaturated/α-hetero) is 1. The molecule has 0 amide bonds. The molecule has 1 aliphatic carbocycles. The Labute approximate surface area is 211 Å². The number of allylic oxidation sites excluding steroid dienone is 3. The van der Waals surface area contributed by atoms with Crippen LogP contribution >= 0.6 is 0 Å². The lowest BCUT2D eigenvalue weighted by Gasteiger charge is -2.39. The quantitative estimate of drug-likeness (QED) is 0.194. The van der Waals surface area contributed by atoms with Crippen molar-refractivity contribution in [2.75, 3.05) is 0 Å². The number of hydrogen-bond acceptors (Lipinski definition) is 8. The number of ketones is 1. The van der Waals surface area contributed by atoms with Crippen LogP contribution in [0.4, 0.5) is 0 Å². The molecule has 6 atom stereocenters. The molecule has 0 aromatic heterocycles. The number of carbonyl (C=O) groups is 3. The molecule has 5 N–H and O–H groups in total. The summed E-state index contributed by atoms with van der Waals surface area (Å²) in [6, 6.07) is 0. The summed E-state index contributed by atoms with van der Waals surface area (Å²) in [5, 5.41) is 48.3. The van der Waals surface area contributed by atoms with Crippen LogP contribution < -0.4 is 0 Å². The third-order valence-corrected chi connectivity index (χ3v) is 6.64. The van der Waals surface area contributed by atoms with Gasteiger partial charge in [0.05, 0.1) is 6.10 Å². The average molecular weight is 513 g/mol. The van der Waals surface area contributed by atoms with Gasteiger partial charge in [-0.05, 0) is 43.3 Å². The number of aliphatic carboxylic acids is 2. The number of hydrogen-bond donors (Lipinski definition) is 5. The highest BCUT2D eigenvalue weighted by Crippen LogP contribution is 2.30. The van der Waals surface area contributed by atoms with Gasteiger partial charge in [0.15, 0.2) is 18.2 Å². The fraction of sp³-hybridized carbons (Fsp3) is 0.731. The molecule has 10 nitrogen and oxygen atoms in total. The van der Waals surface area contributed by atoms with Crippen LogP contribution in [0.2, 0.25) is 0 Å². The molecule has 1 fully saturated rings. The molecule has 0 bridgehead atoms. The number of carboxylic acids is 2. The van der Waals surface area contributed by atoms with E-state index < -0.39 is 48.7 Å². The SMILES string of the molecule is CCCCC[C@@H](/C=C/C1=C(CCCCCCC(=O)O)C(=O)CC1)O[C@@H]1O[C@H](C(=O)O)[C@@H](O)[C@H](O)[C@H]1O. The molecule has 0 spiro atoms. The number of carbonyl (C=O) groups excluding carboxylic acids is 1. The topological polar surface area (TPSA) is 171 Å². The molecular weight excluding hydrogens is 472 g/mol.